The standard InChI is InChI=1S/C9H11Br2NO/c10-6-2-1-3-7(11)9(6)8(12)4-5-13/h1-3,8,13H,4-5,12H2/t8-/m1/s1. The monoisotopic (exact) mass is 307 g/mol. The van der Waals surface area contributed by atoms with Crippen molar-refractivity contribution in [2.75, 3.05) is 6.61 Å². The predicted molar refractivity (Wildman–Crippen MR) is 60.5 cm³/mol. The summed E-state index contributed by atoms with van der Waals surface area (Å²) in [4.78, 5) is 0. The van der Waals surface area contributed by atoms with Crippen LogP contribution in [0, 0.1) is 0 Å². The summed E-state index contributed by atoms with van der Waals surface area (Å²) in [5, 5.41) is 8.77. The molecule has 0 heterocycles. The summed E-state index contributed by atoms with van der Waals surface area (Å²) >= 11 is 6.85. The minimum atomic E-state index is -0.130. The first kappa shape index (κ1) is 11.2. The van der Waals surface area contributed by atoms with Crippen LogP contribution in [0.25, 0.3) is 0 Å². The molecule has 72 valence electrons. The Morgan fingerprint density at radius 2 is 1.85 bits per heavy atom. The van der Waals surface area contributed by atoms with Gasteiger partial charge < -0.3 is 10.8 Å². The zero-order valence-corrected chi connectivity index (χ0v) is 10.2. The molecule has 4 heteroatoms. The van der Waals surface area contributed by atoms with E-state index >= 15 is 0 Å². The molecular formula is C9H11Br2NO. The van der Waals surface area contributed by atoms with Gasteiger partial charge in [-0.25, -0.2) is 0 Å². The van der Waals surface area contributed by atoms with Crippen molar-refractivity contribution in [3.63, 3.8) is 0 Å². The third-order valence-corrected chi connectivity index (χ3v) is 3.19. The molecule has 1 aromatic carbocycles. The lowest BCUT2D eigenvalue weighted by Crippen LogP contribution is -2.13. The fourth-order valence-corrected chi connectivity index (χ4v) is 2.73. The van der Waals surface area contributed by atoms with E-state index in [0.29, 0.717) is 6.42 Å². The summed E-state index contributed by atoms with van der Waals surface area (Å²) in [6.45, 7) is 0.106. The first-order chi connectivity index (χ1) is 6.16. The second-order valence-electron chi connectivity index (χ2n) is 2.75. The molecule has 0 fully saturated rings. The lowest BCUT2D eigenvalue weighted by Gasteiger charge is -2.14. The molecule has 1 rings (SSSR count). The third-order valence-electron chi connectivity index (χ3n) is 1.81. The molecule has 3 N–H and O–H groups in total. The number of benzene rings is 1. The van der Waals surface area contributed by atoms with Gasteiger partial charge in [0.1, 0.15) is 0 Å². The highest BCUT2D eigenvalue weighted by molar-refractivity contribution is 9.11. The van der Waals surface area contributed by atoms with Gasteiger partial charge >= 0.3 is 0 Å². The first-order valence-corrected chi connectivity index (χ1v) is 5.55. The molecule has 0 aliphatic carbocycles. The summed E-state index contributed by atoms with van der Waals surface area (Å²) in [5.74, 6) is 0. The number of hydrogen-bond donors (Lipinski definition) is 2. The van der Waals surface area contributed by atoms with Crippen LogP contribution < -0.4 is 5.73 Å². The molecule has 0 spiro atoms. The quantitative estimate of drug-likeness (QED) is 0.901. The second kappa shape index (κ2) is 5.10. The van der Waals surface area contributed by atoms with Crippen LogP contribution in [0.3, 0.4) is 0 Å². The van der Waals surface area contributed by atoms with Gasteiger partial charge in [0.2, 0.25) is 0 Å². The van der Waals surface area contributed by atoms with Gasteiger partial charge in [0.15, 0.2) is 0 Å². The number of aliphatic hydroxyl groups excluding tert-OH is 1. The Morgan fingerprint density at radius 3 is 2.31 bits per heavy atom. The molecule has 1 atom stereocenters. The maximum absolute atomic E-state index is 8.77. The topological polar surface area (TPSA) is 46.2 Å². The lowest BCUT2D eigenvalue weighted by molar-refractivity contribution is 0.276. The molecule has 0 unspecified atom stereocenters. The molecule has 0 saturated carbocycles. The van der Waals surface area contributed by atoms with Crippen molar-refractivity contribution in [2.24, 2.45) is 5.73 Å². The van der Waals surface area contributed by atoms with Gasteiger partial charge in [-0.05, 0) is 24.1 Å². The second-order valence-corrected chi connectivity index (χ2v) is 4.46. The molecule has 0 saturated heterocycles. The lowest BCUT2D eigenvalue weighted by atomic mass is 10.1. The highest BCUT2D eigenvalue weighted by Gasteiger charge is 2.12. The van der Waals surface area contributed by atoms with Gasteiger partial charge in [0.05, 0.1) is 0 Å². The SMILES string of the molecule is N[C@H](CCO)c1c(Br)cccc1Br. The van der Waals surface area contributed by atoms with E-state index in [4.69, 9.17) is 10.8 Å². The summed E-state index contributed by atoms with van der Waals surface area (Å²) in [6, 6.07) is 5.69. The number of aliphatic hydroxyl groups is 1. The van der Waals surface area contributed by atoms with Crippen molar-refractivity contribution >= 4 is 31.9 Å². The molecule has 0 amide bonds. The van der Waals surface area contributed by atoms with Gasteiger partial charge in [-0.1, -0.05) is 37.9 Å². The Morgan fingerprint density at radius 1 is 1.31 bits per heavy atom. The largest absolute Gasteiger partial charge is 0.396 e. The van der Waals surface area contributed by atoms with E-state index in [1.807, 2.05) is 18.2 Å². The van der Waals surface area contributed by atoms with Crippen molar-refractivity contribution in [1.82, 2.24) is 0 Å². The van der Waals surface area contributed by atoms with Gasteiger partial charge in [0.25, 0.3) is 0 Å². The van der Waals surface area contributed by atoms with E-state index < -0.39 is 0 Å². The molecule has 2 nitrogen and oxygen atoms in total. The average molecular weight is 309 g/mol. The number of nitrogens with two attached hydrogens (primary N) is 1. The van der Waals surface area contributed by atoms with Crippen molar-refractivity contribution in [3.8, 4) is 0 Å². The Bertz CT molecular complexity index is 271. The number of hydrogen-bond acceptors (Lipinski definition) is 2. The van der Waals surface area contributed by atoms with Gasteiger partial charge in [-0.2, -0.15) is 0 Å². The van der Waals surface area contributed by atoms with Gasteiger partial charge in [0, 0.05) is 21.6 Å². The molecular weight excluding hydrogens is 298 g/mol. The zero-order chi connectivity index (χ0) is 9.84. The number of rotatable bonds is 3. The highest BCUT2D eigenvalue weighted by atomic mass is 79.9. The fourth-order valence-electron chi connectivity index (χ4n) is 1.15. The maximum Gasteiger partial charge on any atom is 0.0449 e. The van der Waals surface area contributed by atoms with Crippen LogP contribution in [0.2, 0.25) is 0 Å². The Labute approximate surface area is 94.4 Å². The van der Waals surface area contributed by atoms with Crippen molar-refractivity contribution in [1.29, 1.82) is 0 Å². The van der Waals surface area contributed by atoms with Gasteiger partial charge in [-0.15, -0.1) is 0 Å². The number of halogens is 2. The maximum atomic E-state index is 8.77. The highest BCUT2D eigenvalue weighted by Crippen LogP contribution is 2.30. The summed E-state index contributed by atoms with van der Waals surface area (Å²) in [6.07, 6.45) is 0.571. The van der Waals surface area contributed by atoms with E-state index in [1.165, 1.54) is 0 Å². The molecule has 0 aromatic heterocycles. The van der Waals surface area contributed by atoms with Gasteiger partial charge in [-0.3, -0.25) is 0 Å². The van der Waals surface area contributed by atoms with Crippen LogP contribution in [0.15, 0.2) is 27.1 Å². The van der Waals surface area contributed by atoms with Crippen LogP contribution >= 0.6 is 31.9 Å². The average Bonchev–Trinajstić information content (AvgIpc) is 2.04. The predicted octanol–water partition coefficient (Wildman–Crippen LogP) is 2.59. The molecule has 0 aliphatic heterocycles. The van der Waals surface area contributed by atoms with E-state index in [2.05, 4.69) is 31.9 Å². The third kappa shape index (κ3) is 2.77. The fraction of sp³-hybridized carbons (Fsp3) is 0.333. The smallest absolute Gasteiger partial charge is 0.0449 e. The van der Waals surface area contributed by atoms with Crippen molar-refractivity contribution in [2.45, 2.75) is 12.5 Å². The van der Waals surface area contributed by atoms with E-state index in [-0.39, 0.29) is 12.6 Å². The van der Waals surface area contributed by atoms with E-state index in [9.17, 15) is 0 Å². The molecule has 13 heavy (non-hydrogen) atoms. The molecule has 1 aromatic rings. The van der Waals surface area contributed by atoms with Crippen molar-refractivity contribution < 1.29 is 5.11 Å². The molecule has 0 bridgehead atoms. The molecule has 0 aliphatic rings. The van der Waals surface area contributed by atoms with Crippen LogP contribution in [0.1, 0.15) is 18.0 Å². The summed E-state index contributed by atoms with van der Waals surface area (Å²) < 4.78 is 1.95. The Hall–Kier alpha value is 0.1000. The minimum Gasteiger partial charge on any atom is -0.396 e. The van der Waals surface area contributed by atoms with Crippen LogP contribution in [0.5, 0.6) is 0 Å². The molecule has 0 radical (unpaired) electrons. The van der Waals surface area contributed by atoms with Crippen LogP contribution in [-0.2, 0) is 0 Å². The first-order valence-electron chi connectivity index (χ1n) is 3.97. The van der Waals surface area contributed by atoms with Crippen LogP contribution in [-0.4, -0.2) is 11.7 Å². The Balaban J connectivity index is 2.98. The van der Waals surface area contributed by atoms with Crippen LogP contribution in [0.4, 0.5) is 0 Å². The normalized spacial score (nSPS) is 12.9. The van der Waals surface area contributed by atoms with E-state index in [1.54, 1.807) is 0 Å². The Kier molecular flexibility index (Phi) is 4.38. The minimum absolute atomic E-state index is 0.106. The summed E-state index contributed by atoms with van der Waals surface area (Å²) in [7, 11) is 0. The van der Waals surface area contributed by atoms with E-state index in [0.717, 1.165) is 14.5 Å². The zero-order valence-electron chi connectivity index (χ0n) is 7.00. The summed E-state index contributed by atoms with van der Waals surface area (Å²) in [5.41, 5.74) is 6.90. The van der Waals surface area contributed by atoms with Crippen molar-refractivity contribution in [3.05, 3.63) is 32.7 Å².